The molecule has 0 spiro atoms. The van der Waals surface area contributed by atoms with Crippen LogP contribution in [-0.4, -0.2) is 19.8 Å². The van der Waals surface area contributed by atoms with Gasteiger partial charge >= 0.3 is 0 Å². The number of nitrogens with one attached hydrogen (secondary N) is 1. The third-order valence-corrected chi connectivity index (χ3v) is 4.33. The maximum Gasteiger partial charge on any atom is 0.128 e. The van der Waals surface area contributed by atoms with Crippen LogP contribution in [0.5, 0.6) is 0 Å². The molecule has 0 amide bonds. The highest BCUT2D eigenvalue weighted by Gasteiger charge is 2.50. The molecule has 3 unspecified atom stereocenters. The standard InChI is InChI=1S/C14H18FNO2/c1-17-11-6-7-14(10(8-11)9-18-16-14)12-4-2-3-5-13(12)15/h2-5,10-11,16H,6-9H2,1H3. The summed E-state index contributed by atoms with van der Waals surface area (Å²) < 4.78 is 19.5. The predicted octanol–water partition coefficient (Wildman–Crippen LogP) is 2.37. The van der Waals surface area contributed by atoms with E-state index in [1.54, 1.807) is 13.2 Å². The van der Waals surface area contributed by atoms with E-state index in [2.05, 4.69) is 5.48 Å². The number of benzene rings is 1. The van der Waals surface area contributed by atoms with E-state index in [0.717, 1.165) is 24.8 Å². The second-order valence-electron chi connectivity index (χ2n) is 5.19. The summed E-state index contributed by atoms with van der Waals surface area (Å²) in [6.45, 7) is 0.619. The fourth-order valence-electron chi connectivity index (χ4n) is 3.29. The summed E-state index contributed by atoms with van der Waals surface area (Å²) in [7, 11) is 1.74. The van der Waals surface area contributed by atoms with Gasteiger partial charge in [0.1, 0.15) is 5.82 Å². The maximum absolute atomic E-state index is 14.1. The van der Waals surface area contributed by atoms with Crippen molar-refractivity contribution >= 4 is 0 Å². The Morgan fingerprint density at radius 1 is 1.44 bits per heavy atom. The van der Waals surface area contributed by atoms with Gasteiger partial charge in [-0.1, -0.05) is 18.2 Å². The fourth-order valence-corrected chi connectivity index (χ4v) is 3.29. The van der Waals surface area contributed by atoms with Gasteiger partial charge in [0.25, 0.3) is 0 Å². The zero-order chi connectivity index (χ0) is 12.6. The lowest BCUT2D eigenvalue weighted by Gasteiger charge is -2.40. The molecule has 1 heterocycles. The lowest BCUT2D eigenvalue weighted by molar-refractivity contribution is 0.0126. The molecule has 1 aliphatic heterocycles. The van der Waals surface area contributed by atoms with Crippen LogP contribution in [0.15, 0.2) is 24.3 Å². The summed E-state index contributed by atoms with van der Waals surface area (Å²) in [4.78, 5) is 5.42. The van der Waals surface area contributed by atoms with Crippen molar-refractivity contribution in [2.75, 3.05) is 13.7 Å². The first kappa shape index (κ1) is 12.1. The van der Waals surface area contributed by atoms with Crippen LogP contribution in [0.3, 0.4) is 0 Å². The third kappa shape index (κ3) is 1.76. The monoisotopic (exact) mass is 251 g/mol. The molecule has 0 bridgehead atoms. The number of fused-ring (bicyclic) bond motifs is 1. The number of rotatable bonds is 2. The number of halogens is 1. The molecule has 0 aromatic heterocycles. The van der Waals surface area contributed by atoms with Crippen molar-refractivity contribution in [2.24, 2.45) is 5.92 Å². The molecule has 2 fully saturated rings. The topological polar surface area (TPSA) is 30.5 Å². The van der Waals surface area contributed by atoms with Crippen molar-refractivity contribution in [1.29, 1.82) is 0 Å². The van der Waals surface area contributed by atoms with E-state index in [-0.39, 0.29) is 23.4 Å². The molecule has 1 aromatic carbocycles. The van der Waals surface area contributed by atoms with Gasteiger partial charge in [0.05, 0.1) is 18.2 Å². The van der Waals surface area contributed by atoms with Crippen LogP contribution < -0.4 is 5.48 Å². The molecular formula is C14H18FNO2. The minimum Gasteiger partial charge on any atom is -0.381 e. The molecule has 1 aromatic rings. The normalized spacial score (nSPS) is 35.4. The van der Waals surface area contributed by atoms with Gasteiger partial charge < -0.3 is 9.57 Å². The van der Waals surface area contributed by atoms with E-state index in [0.29, 0.717) is 6.61 Å². The summed E-state index contributed by atoms with van der Waals surface area (Å²) in [5, 5.41) is 0. The zero-order valence-corrected chi connectivity index (χ0v) is 10.5. The summed E-state index contributed by atoms with van der Waals surface area (Å²) in [6, 6.07) is 6.98. The molecule has 3 atom stereocenters. The molecule has 18 heavy (non-hydrogen) atoms. The molecule has 1 N–H and O–H groups in total. The SMILES string of the molecule is COC1CCC2(c3ccccc3F)NOCC2C1. The van der Waals surface area contributed by atoms with Crippen LogP contribution in [0, 0.1) is 11.7 Å². The first-order valence-corrected chi connectivity index (χ1v) is 6.43. The molecule has 98 valence electrons. The molecule has 3 rings (SSSR count). The molecular weight excluding hydrogens is 233 g/mol. The van der Waals surface area contributed by atoms with Gasteiger partial charge in [-0.3, -0.25) is 0 Å². The van der Waals surface area contributed by atoms with Gasteiger partial charge in [-0.05, 0) is 25.3 Å². The van der Waals surface area contributed by atoms with E-state index in [9.17, 15) is 4.39 Å². The first-order chi connectivity index (χ1) is 8.76. The average molecular weight is 251 g/mol. The molecule has 1 saturated heterocycles. The Hall–Kier alpha value is -0.970. The number of hydrogen-bond donors (Lipinski definition) is 1. The molecule has 2 aliphatic rings. The van der Waals surface area contributed by atoms with Gasteiger partial charge in [0, 0.05) is 18.6 Å². The predicted molar refractivity (Wildman–Crippen MR) is 65.3 cm³/mol. The van der Waals surface area contributed by atoms with Crippen molar-refractivity contribution in [1.82, 2.24) is 5.48 Å². The number of ether oxygens (including phenoxy) is 1. The summed E-state index contributed by atoms with van der Waals surface area (Å²) in [5.41, 5.74) is 3.43. The van der Waals surface area contributed by atoms with E-state index in [1.807, 2.05) is 12.1 Å². The van der Waals surface area contributed by atoms with Gasteiger partial charge in [-0.15, -0.1) is 0 Å². The van der Waals surface area contributed by atoms with Crippen LogP contribution in [-0.2, 0) is 15.1 Å². The van der Waals surface area contributed by atoms with Crippen molar-refractivity contribution < 1.29 is 14.0 Å². The second-order valence-corrected chi connectivity index (χ2v) is 5.19. The smallest absolute Gasteiger partial charge is 0.128 e. The second kappa shape index (κ2) is 4.61. The summed E-state index contributed by atoms with van der Waals surface area (Å²) >= 11 is 0. The van der Waals surface area contributed by atoms with E-state index >= 15 is 0 Å². The highest BCUT2D eigenvalue weighted by atomic mass is 19.1. The molecule has 3 nitrogen and oxygen atoms in total. The van der Waals surface area contributed by atoms with Gasteiger partial charge in [0.15, 0.2) is 0 Å². The number of hydrogen-bond acceptors (Lipinski definition) is 3. The van der Waals surface area contributed by atoms with Crippen molar-refractivity contribution in [3.8, 4) is 0 Å². The Morgan fingerprint density at radius 2 is 2.28 bits per heavy atom. The van der Waals surface area contributed by atoms with Crippen LogP contribution >= 0.6 is 0 Å². The Balaban J connectivity index is 1.96. The average Bonchev–Trinajstić information content (AvgIpc) is 2.82. The van der Waals surface area contributed by atoms with Crippen molar-refractivity contribution in [3.05, 3.63) is 35.6 Å². The van der Waals surface area contributed by atoms with Crippen molar-refractivity contribution in [3.63, 3.8) is 0 Å². The Morgan fingerprint density at radius 3 is 3.06 bits per heavy atom. The highest BCUT2D eigenvalue weighted by Crippen LogP contribution is 2.46. The number of methoxy groups -OCH3 is 1. The summed E-state index contributed by atoms with van der Waals surface area (Å²) in [5.74, 6) is 0.115. The van der Waals surface area contributed by atoms with Crippen molar-refractivity contribution in [2.45, 2.75) is 30.9 Å². The minimum atomic E-state index is -0.375. The quantitative estimate of drug-likeness (QED) is 0.875. The van der Waals surface area contributed by atoms with Gasteiger partial charge in [-0.25, -0.2) is 4.39 Å². The highest BCUT2D eigenvalue weighted by molar-refractivity contribution is 5.29. The van der Waals surface area contributed by atoms with Gasteiger partial charge in [0.2, 0.25) is 0 Å². The fraction of sp³-hybridized carbons (Fsp3) is 0.571. The van der Waals surface area contributed by atoms with Crippen LogP contribution in [0.4, 0.5) is 4.39 Å². The van der Waals surface area contributed by atoms with Crippen LogP contribution in [0.25, 0.3) is 0 Å². The Bertz CT molecular complexity index is 440. The van der Waals surface area contributed by atoms with E-state index in [4.69, 9.17) is 9.57 Å². The lowest BCUT2D eigenvalue weighted by atomic mass is 9.69. The minimum absolute atomic E-state index is 0.156. The largest absolute Gasteiger partial charge is 0.381 e. The summed E-state index contributed by atoms with van der Waals surface area (Å²) in [6.07, 6.45) is 2.95. The maximum atomic E-state index is 14.1. The third-order valence-electron chi connectivity index (χ3n) is 4.33. The number of hydroxylamine groups is 1. The lowest BCUT2D eigenvalue weighted by Crippen LogP contribution is -2.47. The Labute approximate surface area is 106 Å². The van der Waals surface area contributed by atoms with Gasteiger partial charge in [-0.2, -0.15) is 5.48 Å². The zero-order valence-electron chi connectivity index (χ0n) is 10.5. The first-order valence-electron chi connectivity index (χ1n) is 6.43. The molecule has 1 aliphatic carbocycles. The molecule has 0 radical (unpaired) electrons. The molecule has 1 saturated carbocycles. The van der Waals surface area contributed by atoms with E-state index in [1.165, 1.54) is 6.07 Å². The van der Waals surface area contributed by atoms with Crippen LogP contribution in [0.1, 0.15) is 24.8 Å². The Kier molecular flexibility index (Phi) is 3.09. The van der Waals surface area contributed by atoms with E-state index < -0.39 is 0 Å². The van der Waals surface area contributed by atoms with Crippen LogP contribution in [0.2, 0.25) is 0 Å². The molecule has 4 heteroatoms.